The maximum Gasteiger partial charge on any atom is 0.236 e. The zero-order valence-electron chi connectivity index (χ0n) is 18.0. The van der Waals surface area contributed by atoms with Crippen LogP contribution in [0.25, 0.3) is 10.9 Å². The largest absolute Gasteiger partial charge is 0.361 e. The molecule has 0 radical (unpaired) electrons. The minimum atomic E-state index is -3.38. The Morgan fingerprint density at radius 3 is 2.81 bits per heavy atom. The molecule has 1 aromatic heterocycles. The minimum absolute atomic E-state index is 0.0177. The van der Waals surface area contributed by atoms with Crippen LogP contribution in [0.1, 0.15) is 16.7 Å². The lowest BCUT2D eigenvalue weighted by Gasteiger charge is -2.20. The first kappa shape index (κ1) is 21.2. The highest BCUT2D eigenvalue weighted by Crippen LogP contribution is 2.29. The van der Waals surface area contributed by atoms with Gasteiger partial charge < -0.3 is 15.6 Å². The van der Waals surface area contributed by atoms with Gasteiger partial charge in [0.1, 0.15) is 0 Å². The topological polar surface area (TPSA) is 89.6 Å². The first-order valence-corrected chi connectivity index (χ1v) is 12.2. The van der Waals surface area contributed by atoms with Crippen LogP contribution in [-0.2, 0) is 22.9 Å². The molecule has 3 aromatic rings. The monoisotopic (exact) mass is 439 g/mol. The number of benzene rings is 2. The van der Waals surface area contributed by atoms with E-state index in [-0.39, 0.29) is 5.75 Å². The van der Waals surface area contributed by atoms with Crippen molar-refractivity contribution in [2.24, 2.45) is 4.99 Å². The molecule has 7 nitrogen and oxygen atoms in total. The molecule has 1 aliphatic heterocycles. The van der Waals surface area contributed by atoms with Crippen LogP contribution < -0.4 is 14.9 Å². The molecule has 0 spiro atoms. The van der Waals surface area contributed by atoms with Crippen molar-refractivity contribution < 1.29 is 8.42 Å². The summed E-state index contributed by atoms with van der Waals surface area (Å²) in [5.41, 5.74) is 5.51. The number of aromatic amines is 1. The smallest absolute Gasteiger partial charge is 0.236 e. The summed E-state index contributed by atoms with van der Waals surface area (Å²) in [7, 11) is -1.69. The lowest BCUT2D eigenvalue weighted by molar-refractivity contribution is 0.591. The number of rotatable bonds is 7. The number of aromatic nitrogens is 1. The standard InChI is InChI=1S/C23H29N5O2S/c1-17-7-8-20-19(16-27-21(20)15-17)9-11-25-23(24-2)26-12-14-31(29,30)28-13-10-18-5-3-4-6-22(18)28/h3-8,15-16,27H,9-14H2,1-2H3,(H2,24,25,26). The van der Waals surface area contributed by atoms with E-state index in [4.69, 9.17) is 0 Å². The Kier molecular flexibility index (Phi) is 6.18. The number of hydrogen-bond acceptors (Lipinski definition) is 3. The summed E-state index contributed by atoms with van der Waals surface area (Å²) >= 11 is 0. The molecule has 0 fully saturated rings. The Labute approximate surface area is 183 Å². The molecular weight excluding hydrogens is 410 g/mol. The lowest BCUT2D eigenvalue weighted by atomic mass is 10.1. The number of guanidine groups is 1. The molecule has 0 unspecified atom stereocenters. The van der Waals surface area contributed by atoms with Crippen molar-refractivity contribution in [3.8, 4) is 0 Å². The van der Waals surface area contributed by atoms with Crippen molar-refractivity contribution in [3.63, 3.8) is 0 Å². The summed E-state index contributed by atoms with van der Waals surface area (Å²) in [5.74, 6) is 0.622. The van der Waals surface area contributed by atoms with Crippen LogP contribution >= 0.6 is 0 Å². The van der Waals surface area contributed by atoms with Gasteiger partial charge >= 0.3 is 0 Å². The van der Waals surface area contributed by atoms with Gasteiger partial charge in [0.2, 0.25) is 10.0 Å². The second kappa shape index (κ2) is 9.01. The Hall–Kier alpha value is -3.00. The van der Waals surface area contributed by atoms with Crippen LogP contribution in [0, 0.1) is 6.92 Å². The second-order valence-electron chi connectivity index (χ2n) is 7.81. The van der Waals surface area contributed by atoms with Crippen LogP contribution in [-0.4, -0.2) is 51.8 Å². The number of hydrogen-bond donors (Lipinski definition) is 3. The van der Waals surface area contributed by atoms with E-state index in [1.54, 1.807) is 7.05 Å². The summed E-state index contributed by atoms with van der Waals surface area (Å²) in [6, 6.07) is 14.1. The predicted molar refractivity (Wildman–Crippen MR) is 127 cm³/mol. The maximum absolute atomic E-state index is 12.8. The number of sulfonamides is 1. The molecule has 0 amide bonds. The van der Waals surface area contributed by atoms with E-state index < -0.39 is 10.0 Å². The van der Waals surface area contributed by atoms with E-state index in [1.807, 2.05) is 30.5 Å². The number of anilines is 1. The molecule has 0 bridgehead atoms. The van der Waals surface area contributed by atoms with Gasteiger partial charge in [-0.1, -0.05) is 30.3 Å². The third kappa shape index (κ3) is 4.69. The highest BCUT2D eigenvalue weighted by atomic mass is 32.2. The third-order valence-corrected chi connectivity index (χ3v) is 7.44. The third-order valence-electron chi connectivity index (χ3n) is 5.67. The van der Waals surface area contributed by atoms with Crippen molar-refractivity contribution in [3.05, 3.63) is 65.4 Å². The number of aryl methyl sites for hydroxylation is 1. The summed E-state index contributed by atoms with van der Waals surface area (Å²) in [5, 5.41) is 7.62. The Balaban J connectivity index is 1.27. The van der Waals surface area contributed by atoms with Gasteiger partial charge in [-0.25, -0.2) is 8.42 Å². The molecule has 8 heteroatoms. The molecule has 0 aliphatic carbocycles. The van der Waals surface area contributed by atoms with Crippen LogP contribution in [0.5, 0.6) is 0 Å². The van der Waals surface area contributed by atoms with Crippen LogP contribution in [0.15, 0.2) is 53.7 Å². The quantitative estimate of drug-likeness (QED) is 0.390. The highest BCUT2D eigenvalue weighted by Gasteiger charge is 2.28. The zero-order valence-corrected chi connectivity index (χ0v) is 18.8. The van der Waals surface area contributed by atoms with E-state index in [1.165, 1.54) is 20.8 Å². The zero-order chi connectivity index (χ0) is 21.8. The Morgan fingerprint density at radius 1 is 1.16 bits per heavy atom. The van der Waals surface area contributed by atoms with Gasteiger partial charge in [0, 0.05) is 43.8 Å². The SMILES string of the molecule is CN=C(NCCc1c[nH]c2cc(C)ccc12)NCCS(=O)(=O)N1CCc2ccccc21. The molecule has 31 heavy (non-hydrogen) atoms. The van der Waals surface area contributed by atoms with Crippen LogP contribution in [0.3, 0.4) is 0 Å². The van der Waals surface area contributed by atoms with Gasteiger partial charge in [0.15, 0.2) is 5.96 Å². The summed E-state index contributed by atoms with van der Waals surface area (Å²) in [6.45, 7) is 3.60. The van der Waals surface area contributed by atoms with Crippen molar-refractivity contribution in [2.75, 3.05) is 36.7 Å². The van der Waals surface area contributed by atoms with Gasteiger partial charge in [-0.2, -0.15) is 0 Å². The summed E-state index contributed by atoms with van der Waals surface area (Å²) < 4.78 is 27.1. The minimum Gasteiger partial charge on any atom is -0.361 e. The van der Waals surface area contributed by atoms with E-state index in [2.05, 4.69) is 45.7 Å². The van der Waals surface area contributed by atoms with Crippen molar-refractivity contribution in [1.29, 1.82) is 0 Å². The fourth-order valence-electron chi connectivity index (χ4n) is 4.05. The van der Waals surface area contributed by atoms with Crippen LogP contribution in [0.4, 0.5) is 5.69 Å². The Bertz CT molecular complexity index is 1200. The van der Waals surface area contributed by atoms with Gasteiger partial charge in [-0.3, -0.25) is 9.30 Å². The number of fused-ring (bicyclic) bond motifs is 2. The molecule has 0 atom stereocenters. The van der Waals surface area contributed by atoms with Crippen molar-refractivity contribution in [2.45, 2.75) is 19.8 Å². The Morgan fingerprint density at radius 2 is 1.97 bits per heavy atom. The number of H-pyrrole nitrogens is 1. The van der Waals surface area contributed by atoms with E-state index >= 15 is 0 Å². The van der Waals surface area contributed by atoms with Gasteiger partial charge in [0.25, 0.3) is 0 Å². The first-order chi connectivity index (χ1) is 15.0. The van der Waals surface area contributed by atoms with Crippen molar-refractivity contribution >= 4 is 32.6 Å². The van der Waals surface area contributed by atoms with Crippen molar-refractivity contribution in [1.82, 2.24) is 15.6 Å². The first-order valence-electron chi connectivity index (χ1n) is 10.6. The molecular formula is C23H29N5O2S. The van der Waals surface area contributed by atoms with E-state index in [0.717, 1.165) is 29.6 Å². The van der Waals surface area contributed by atoms with E-state index in [0.29, 0.717) is 25.6 Å². The normalized spacial score (nSPS) is 14.1. The molecule has 2 aromatic carbocycles. The lowest BCUT2D eigenvalue weighted by Crippen LogP contribution is -2.42. The number of nitrogens with zero attached hydrogens (tertiary/aromatic N) is 2. The summed E-state index contributed by atoms with van der Waals surface area (Å²) in [6.07, 6.45) is 3.65. The summed E-state index contributed by atoms with van der Waals surface area (Å²) in [4.78, 5) is 7.53. The van der Waals surface area contributed by atoms with E-state index in [9.17, 15) is 8.42 Å². The average Bonchev–Trinajstić information content (AvgIpc) is 3.37. The average molecular weight is 440 g/mol. The molecule has 3 N–H and O–H groups in total. The van der Waals surface area contributed by atoms with Gasteiger partial charge in [0.05, 0.1) is 11.4 Å². The second-order valence-corrected chi connectivity index (χ2v) is 9.82. The highest BCUT2D eigenvalue weighted by molar-refractivity contribution is 7.92. The van der Waals surface area contributed by atoms with Crippen LogP contribution in [0.2, 0.25) is 0 Å². The number of para-hydroxylation sites is 1. The number of nitrogens with one attached hydrogen (secondary N) is 3. The maximum atomic E-state index is 12.8. The molecule has 0 saturated heterocycles. The molecule has 164 valence electrons. The molecule has 4 rings (SSSR count). The fraction of sp³-hybridized carbons (Fsp3) is 0.348. The predicted octanol–water partition coefficient (Wildman–Crippen LogP) is 2.58. The fourth-order valence-corrected chi connectivity index (χ4v) is 5.48. The molecule has 2 heterocycles. The van der Waals surface area contributed by atoms with Gasteiger partial charge in [-0.05, 0) is 48.6 Å². The molecule has 1 aliphatic rings. The number of aliphatic imine (C=N–C) groups is 1. The molecule has 0 saturated carbocycles. The van der Waals surface area contributed by atoms with Gasteiger partial charge in [-0.15, -0.1) is 0 Å².